The monoisotopic (exact) mass is 799 g/mol. The molecule has 15 heteroatoms. The summed E-state index contributed by atoms with van der Waals surface area (Å²) in [5.41, 5.74) is -2.54. The summed E-state index contributed by atoms with van der Waals surface area (Å²) in [4.78, 5) is 36.2. The van der Waals surface area contributed by atoms with E-state index >= 15 is 0 Å². The molecule has 0 bridgehead atoms. The first-order chi connectivity index (χ1) is 26.0. The van der Waals surface area contributed by atoms with E-state index in [0.717, 1.165) is 0 Å². The zero-order chi connectivity index (χ0) is 42.0. The fraction of sp³-hybridized carbons (Fsp3) is 0.927. The number of aliphatic imine (C=N–C) groups is 1. The van der Waals surface area contributed by atoms with Crippen molar-refractivity contribution in [3.05, 3.63) is 0 Å². The number of carbonyl (C=O) groups excluding carboxylic acids is 2. The molecule has 0 aliphatic carbocycles. The molecule has 16 atom stereocenters. The molecule has 56 heavy (non-hydrogen) atoms. The topological polar surface area (TPSA) is 181 Å². The number of hydrogen-bond donors (Lipinski definition) is 4. The van der Waals surface area contributed by atoms with Crippen LogP contribution >= 0.6 is 0 Å². The summed E-state index contributed by atoms with van der Waals surface area (Å²) in [6.07, 6.45) is -5.87. The Labute approximate surface area is 335 Å². The Morgan fingerprint density at radius 2 is 1.66 bits per heavy atom. The van der Waals surface area contributed by atoms with Crippen LogP contribution in [0.1, 0.15) is 108 Å². The Kier molecular flexibility index (Phi) is 15.7. The van der Waals surface area contributed by atoms with Gasteiger partial charge >= 0.3 is 0 Å². The first-order valence-corrected chi connectivity index (χ1v) is 20.7. The molecular formula is C41H74N4O11. The number of carbonyl (C=O) groups is 2. The van der Waals surface area contributed by atoms with Crippen LogP contribution in [-0.2, 0) is 38.0 Å². The fourth-order valence-electron chi connectivity index (χ4n) is 9.17. The van der Waals surface area contributed by atoms with Crippen molar-refractivity contribution in [1.82, 2.24) is 15.1 Å². The first kappa shape index (κ1) is 46.6. The lowest BCUT2D eigenvalue weighted by molar-refractivity contribution is -0.313. The second-order valence-corrected chi connectivity index (χ2v) is 18.5. The number of likely N-dealkylation sites (N-methyl/N-ethyl adjacent to an activating group) is 1. The maximum Gasteiger partial charge on any atom is 0.288 e. The quantitative estimate of drug-likeness (QED) is 0.283. The van der Waals surface area contributed by atoms with E-state index in [1.807, 2.05) is 60.4 Å². The maximum absolute atomic E-state index is 14.4. The fourth-order valence-corrected chi connectivity index (χ4v) is 9.17. The predicted octanol–water partition coefficient (Wildman–Crippen LogP) is 3.06. The molecule has 4 N–H and O–H groups in total. The van der Waals surface area contributed by atoms with E-state index < -0.39 is 84.2 Å². The van der Waals surface area contributed by atoms with Crippen molar-refractivity contribution in [2.75, 3.05) is 27.7 Å². The van der Waals surface area contributed by atoms with Gasteiger partial charge in [0, 0.05) is 46.1 Å². The number of amides is 2. The van der Waals surface area contributed by atoms with Gasteiger partial charge in [-0.15, -0.1) is 0 Å². The minimum Gasteiger partial charge on any atom is -0.454 e. The first-order valence-electron chi connectivity index (χ1n) is 20.7. The van der Waals surface area contributed by atoms with Crippen LogP contribution < -0.4 is 5.32 Å². The summed E-state index contributed by atoms with van der Waals surface area (Å²) in [7, 11) is 5.17. The molecule has 324 valence electrons. The summed E-state index contributed by atoms with van der Waals surface area (Å²) in [6.45, 7) is 21.1. The smallest absolute Gasteiger partial charge is 0.288 e. The van der Waals surface area contributed by atoms with Gasteiger partial charge in [-0.2, -0.15) is 0 Å². The highest BCUT2D eigenvalue weighted by Gasteiger charge is 2.54. The molecule has 4 rings (SSSR count). The number of ether oxygens (including phenoxy) is 6. The van der Waals surface area contributed by atoms with Crippen molar-refractivity contribution in [3.8, 4) is 0 Å². The van der Waals surface area contributed by atoms with Gasteiger partial charge in [-0.05, 0) is 72.6 Å². The van der Waals surface area contributed by atoms with Crippen LogP contribution in [0.15, 0.2) is 4.99 Å². The molecule has 0 aromatic heterocycles. The molecule has 2 amide bonds. The molecule has 15 nitrogen and oxygen atoms in total. The number of nitrogens with zero attached hydrogens (tertiary/aromatic N) is 3. The average molecular weight is 799 g/mol. The highest BCUT2D eigenvalue weighted by Crippen LogP contribution is 2.41. The van der Waals surface area contributed by atoms with Crippen LogP contribution in [0.4, 0.5) is 0 Å². The van der Waals surface area contributed by atoms with Gasteiger partial charge in [0.05, 0.1) is 66.1 Å². The lowest BCUT2D eigenvalue weighted by Gasteiger charge is -2.48. The summed E-state index contributed by atoms with van der Waals surface area (Å²) in [5.74, 6) is -2.30. The predicted molar refractivity (Wildman–Crippen MR) is 210 cm³/mol. The molecule has 4 aliphatic heterocycles. The minimum atomic E-state index is -1.54. The van der Waals surface area contributed by atoms with E-state index in [0.29, 0.717) is 25.4 Å². The third-order valence-corrected chi connectivity index (χ3v) is 12.3. The largest absolute Gasteiger partial charge is 0.454 e. The number of fused-ring (bicyclic) bond motifs is 1. The van der Waals surface area contributed by atoms with Gasteiger partial charge in [-0.3, -0.25) is 9.59 Å². The number of amidine groups is 1. The summed E-state index contributed by atoms with van der Waals surface area (Å²) >= 11 is 0. The number of methoxy groups -OCH3 is 1. The van der Waals surface area contributed by atoms with Crippen molar-refractivity contribution in [2.24, 2.45) is 28.7 Å². The SMILES string of the molecule is CO[C@]1(C)C[C@H](O[C@H]2[C@H](C)[C@@H](O[C@@H]3O[C@H](C)C[C@H]4[C@H]3OC(=NC(C)C)N4C)[C@](C)(O)C[C@@H](C)CN(C)C(=O)C[C@H](O)[C@H](CC(C)C)NC(=O)[C@@H]2C)O[C@@H](C)[C@@H]1O. The van der Waals surface area contributed by atoms with E-state index in [-0.39, 0.29) is 55.2 Å². The van der Waals surface area contributed by atoms with E-state index in [2.05, 4.69) is 5.32 Å². The third-order valence-electron chi connectivity index (χ3n) is 12.3. The lowest BCUT2D eigenvalue weighted by Crippen LogP contribution is -2.60. The van der Waals surface area contributed by atoms with Crippen LogP contribution in [0, 0.1) is 23.7 Å². The van der Waals surface area contributed by atoms with Gasteiger partial charge < -0.3 is 58.9 Å². The molecule has 4 fully saturated rings. The van der Waals surface area contributed by atoms with Gasteiger partial charge in [-0.1, -0.05) is 34.6 Å². The normalized spacial score (nSPS) is 44.4. The Bertz CT molecular complexity index is 1350. The second-order valence-electron chi connectivity index (χ2n) is 18.5. The second kappa shape index (κ2) is 18.9. The molecule has 0 aromatic rings. The number of aliphatic hydroxyl groups excluding tert-OH is 2. The number of nitrogens with one attached hydrogen (secondary N) is 1. The standard InChI is InChI=1S/C41H74N4O11/c1-21(2)15-28-30(46)17-31(47)44(12)20-23(5)18-40(10,50)36(56-38-34-29(16-24(6)52-38)45(13)39(55-34)42-22(3)4)25(7)33(26(8)37(49)43-28)54-32-19-41(11,51-14)35(48)27(9)53-32/h21-30,32-36,38,46,48,50H,15-20H2,1-14H3,(H,43,49)/t23-,24-,25+,26-,27+,28+,29+,30+,32+,33+,34-,35+,36-,38+,40-,41-/m1/s1. The average Bonchev–Trinajstić information content (AvgIpc) is 3.39. The van der Waals surface area contributed by atoms with Gasteiger partial charge in [0.25, 0.3) is 6.02 Å². The van der Waals surface area contributed by atoms with E-state index in [1.165, 1.54) is 7.11 Å². The van der Waals surface area contributed by atoms with Crippen LogP contribution in [-0.4, -0.2) is 155 Å². The third kappa shape index (κ3) is 10.9. The Morgan fingerprint density at radius 1 is 1.00 bits per heavy atom. The van der Waals surface area contributed by atoms with Crippen LogP contribution in [0.3, 0.4) is 0 Å². The van der Waals surface area contributed by atoms with Crippen molar-refractivity contribution < 1.29 is 53.3 Å². The van der Waals surface area contributed by atoms with E-state index in [1.54, 1.807) is 39.6 Å². The molecule has 4 heterocycles. The van der Waals surface area contributed by atoms with Crippen molar-refractivity contribution >= 4 is 17.8 Å². The number of aliphatic hydroxyl groups is 3. The van der Waals surface area contributed by atoms with Gasteiger partial charge in [0.2, 0.25) is 11.8 Å². The molecule has 4 saturated heterocycles. The van der Waals surface area contributed by atoms with Crippen molar-refractivity contribution in [2.45, 2.75) is 193 Å². The van der Waals surface area contributed by atoms with Gasteiger partial charge in [-0.25, -0.2) is 4.99 Å². The highest BCUT2D eigenvalue weighted by molar-refractivity contribution is 5.80. The highest BCUT2D eigenvalue weighted by atomic mass is 16.7. The van der Waals surface area contributed by atoms with Crippen molar-refractivity contribution in [3.63, 3.8) is 0 Å². The zero-order valence-corrected chi connectivity index (χ0v) is 36.4. The molecule has 4 aliphatic rings. The minimum absolute atomic E-state index is 0.000972. The molecule has 0 unspecified atom stereocenters. The number of rotatable bonds is 8. The summed E-state index contributed by atoms with van der Waals surface area (Å²) in [6, 6.07) is -0.306. The number of hydrogen-bond acceptors (Lipinski definition) is 12. The maximum atomic E-state index is 14.4. The lowest BCUT2D eigenvalue weighted by atomic mass is 9.77. The van der Waals surface area contributed by atoms with Crippen LogP contribution in [0.2, 0.25) is 0 Å². The van der Waals surface area contributed by atoms with E-state index in [4.69, 9.17) is 33.4 Å². The Balaban J connectivity index is 1.82. The van der Waals surface area contributed by atoms with Gasteiger partial charge in [0.15, 0.2) is 18.7 Å². The zero-order valence-electron chi connectivity index (χ0n) is 36.4. The molecule has 0 aromatic carbocycles. The summed E-state index contributed by atoms with van der Waals surface area (Å²) < 4.78 is 38.8. The molecule has 0 radical (unpaired) electrons. The van der Waals surface area contributed by atoms with Crippen LogP contribution in [0.5, 0.6) is 0 Å². The Hall–Kier alpha value is -2.11. The van der Waals surface area contributed by atoms with Crippen molar-refractivity contribution in [1.29, 1.82) is 0 Å². The summed E-state index contributed by atoms with van der Waals surface area (Å²) in [5, 5.41) is 38.1. The van der Waals surface area contributed by atoms with Crippen LogP contribution in [0.25, 0.3) is 0 Å². The van der Waals surface area contributed by atoms with Gasteiger partial charge in [0.1, 0.15) is 6.10 Å². The Morgan fingerprint density at radius 3 is 2.27 bits per heavy atom. The molecule has 0 spiro atoms. The van der Waals surface area contributed by atoms with E-state index in [9.17, 15) is 24.9 Å². The molecular weight excluding hydrogens is 724 g/mol. The molecule has 0 saturated carbocycles.